The molecular formula is C14H26FN3O2Si. The normalized spacial score (nSPS) is 12.5. The monoisotopic (exact) mass is 315 g/mol. The van der Waals surface area contributed by atoms with Gasteiger partial charge in [-0.3, -0.25) is 4.79 Å². The third-order valence-electron chi connectivity index (χ3n) is 3.02. The molecule has 0 spiro atoms. The van der Waals surface area contributed by atoms with E-state index in [1.54, 1.807) is 13.8 Å². The molecule has 1 amide bonds. The average molecular weight is 315 g/mol. The number of nitrogens with zero attached hydrogens (tertiary/aromatic N) is 2. The number of rotatable bonds is 7. The highest BCUT2D eigenvalue weighted by Crippen LogP contribution is 2.21. The Labute approximate surface area is 126 Å². The molecule has 5 nitrogen and oxygen atoms in total. The minimum absolute atomic E-state index is 0.214. The third-order valence-corrected chi connectivity index (χ3v) is 4.72. The number of carbonyl (C=O) groups excluding carboxylic acids is 1. The first-order valence-corrected chi connectivity index (χ1v) is 10.8. The molecule has 0 aliphatic rings. The Kier molecular flexibility index (Phi) is 5.69. The highest BCUT2D eigenvalue weighted by Gasteiger charge is 2.28. The van der Waals surface area contributed by atoms with E-state index in [-0.39, 0.29) is 18.3 Å². The van der Waals surface area contributed by atoms with E-state index in [0.29, 0.717) is 6.61 Å². The van der Waals surface area contributed by atoms with Gasteiger partial charge in [0.15, 0.2) is 5.82 Å². The lowest BCUT2D eigenvalue weighted by Crippen LogP contribution is -2.40. The van der Waals surface area contributed by atoms with E-state index in [1.807, 2.05) is 0 Å². The zero-order valence-corrected chi connectivity index (χ0v) is 14.8. The highest BCUT2D eigenvalue weighted by molar-refractivity contribution is 6.76. The van der Waals surface area contributed by atoms with Crippen LogP contribution in [0.25, 0.3) is 0 Å². The van der Waals surface area contributed by atoms with Crippen LogP contribution in [0.1, 0.15) is 26.5 Å². The van der Waals surface area contributed by atoms with E-state index in [2.05, 4.69) is 30.1 Å². The smallest absolute Gasteiger partial charge is 0.217 e. The SMILES string of the molecule is CC(=O)NC(C)(C)c1nn(COCC[Si](C)(C)C)cc1F. The lowest BCUT2D eigenvalue weighted by Gasteiger charge is -2.23. The van der Waals surface area contributed by atoms with E-state index in [9.17, 15) is 9.18 Å². The van der Waals surface area contributed by atoms with Gasteiger partial charge in [0.1, 0.15) is 12.4 Å². The molecule has 1 aromatic heterocycles. The number of hydrogen-bond acceptors (Lipinski definition) is 3. The molecule has 0 aromatic carbocycles. The third kappa shape index (κ3) is 5.97. The van der Waals surface area contributed by atoms with Crippen molar-refractivity contribution in [1.82, 2.24) is 15.1 Å². The molecule has 1 rings (SSSR count). The van der Waals surface area contributed by atoms with Crippen molar-refractivity contribution in [2.75, 3.05) is 6.61 Å². The predicted octanol–water partition coefficient (Wildman–Crippen LogP) is 2.71. The van der Waals surface area contributed by atoms with Crippen LogP contribution in [0.5, 0.6) is 0 Å². The minimum Gasteiger partial charge on any atom is -0.360 e. The van der Waals surface area contributed by atoms with Crippen LogP contribution >= 0.6 is 0 Å². The molecule has 0 radical (unpaired) electrons. The van der Waals surface area contributed by atoms with Crippen LogP contribution in [0, 0.1) is 5.82 Å². The second-order valence-corrected chi connectivity index (χ2v) is 12.6. The summed E-state index contributed by atoms with van der Waals surface area (Å²) < 4.78 is 20.9. The average Bonchev–Trinajstić information content (AvgIpc) is 2.64. The molecule has 1 N–H and O–H groups in total. The molecule has 0 saturated heterocycles. The van der Waals surface area contributed by atoms with Gasteiger partial charge in [-0.25, -0.2) is 9.07 Å². The van der Waals surface area contributed by atoms with E-state index in [1.165, 1.54) is 17.8 Å². The number of carbonyl (C=O) groups is 1. The van der Waals surface area contributed by atoms with Crippen molar-refractivity contribution in [2.45, 2.75) is 58.7 Å². The van der Waals surface area contributed by atoms with Crippen LogP contribution < -0.4 is 5.32 Å². The van der Waals surface area contributed by atoms with Gasteiger partial charge in [0.2, 0.25) is 5.91 Å². The van der Waals surface area contributed by atoms with Gasteiger partial charge in [-0.2, -0.15) is 5.10 Å². The zero-order valence-electron chi connectivity index (χ0n) is 13.8. The lowest BCUT2D eigenvalue weighted by atomic mass is 10.0. The zero-order chi connectivity index (χ0) is 16.3. The molecule has 0 saturated carbocycles. The first-order valence-electron chi connectivity index (χ1n) is 7.11. The molecule has 0 aliphatic heterocycles. The Balaban J connectivity index is 2.64. The van der Waals surface area contributed by atoms with Gasteiger partial charge in [0, 0.05) is 21.6 Å². The van der Waals surface area contributed by atoms with Crippen molar-refractivity contribution in [3.05, 3.63) is 17.7 Å². The van der Waals surface area contributed by atoms with Crippen LogP contribution in [-0.4, -0.2) is 30.4 Å². The summed E-state index contributed by atoms with van der Waals surface area (Å²) in [4.78, 5) is 11.2. The highest BCUT2D eigenvalue weighted by atomic mass is 28.3. The number of halogens is 1. The maximum atomic E-state index is 14.0. The van der Waals surface area contributed by atoms with Crippen molar-refractivity contribution >= 4 is 14.0 Å². The Hall–Kier alpha value is -1.21. The number of amides is 1. The van der Waals surface area contributed by atoms with Crippen molar-refractivity contribution in [1.29, 1.82) is 0 Å². The second-order valence-electron chi connectivity index (χ2n) is 7.02. The first kappa shape index (κ1) is 17.8. The van der Waals surface area contributed by atoms with Crippen LogP contribution in [0.4, 0.5) is 4.39 Å². The number of hydrogen-bond donors (Lipinski definition) is 1. The van der Waals surface area contributed by atoms with Crippen LogP contribution in [-0.2, 0) is 21.8 Å². The Morgan fingerprint density at radius 1 is 1.48 bits per heavy atom. The molecule has 21 heavy (non-hydrogen) atoms. The summed E-state index contributed by atoms with van der Waals surface area (Å²) in [6.07, 6.45) is 1.30. The molecule has 0 atom stereocenters. The van der Waals surface area contributed by atoms with Crippen LogP contribution in [0.2, 0.25) is 25.7 Å². The van der Waals surface area contributed by atoms with E-state index in [4.69, 9.17) is 4.74 Å². The van der Waals surface area contributed by atoms with Crippen LogP contribution in [0.3, 0.4) is 0 Å². The Morgan fingerprint density at radius 2 is 2.10 bits per heavy atom. The summed E-state index contributed by atoms with van der Waals surface area (Å²) >= 11 is 0. The predicted molar refractivity (Wildman–Crippen MR) is 83.1 cm³/mol. The van der Waals surface area contributed by atoms with E-state index in [0.717, 1.165) is 6.04 Å². The van der Waals surface area contributed by atoms with Gasteiger partial charge in [-0.1, -0.05) is 19.6 Å². The van der Waals surface area contributed by atoms with Crippen molar-refractivity contribution in [3.63, 3.8) is 0 Å². The maximum Gasteiger partial charge on any atom is 0.217 e. The number of aromatic nitrogens is 2. The molecule has 7 heteroatoms. The molecule has 120 valence electrons. The quantitative estimate of drug-likeness (QED) is 0.622. The van der Waals surface area contributed by atoms with Gasteiger partial charge in [0.05, 0.1) is 11.7 Å². The van der Waals surface area contributed by atoms with Gasteiger partial charge < -0.3 is 10.1 Å². The Bertz CT molecular complexity index is 495. The summed E-state index contributed by atoms with van der Waals surface area (Å²) in [7, 11) is -1.13. The fourth-order valence-electron chi connectivity index (χ4n) is 1.92. The standard InChI is InChI=1S/C14H26FN3O2Si/c1-11(19)16-14(2,3)13-12(15)9-18(17-13)10-20-7-8-21(4,5)6/h9H,7-8,10H2,1-6H3,(H,16,19). The van der Waals surface area contributed by atoms with Crippen molar-refractivity contribution < 1.29 is 13.9 Å². The summed E-state index contributed by atoms with van der Waals surface area (Å²) in [5.41, 5.74) is -0.633. The molecule has 0 aliphatic carbocycles. The van der Waals surface area contributed by atoms with Gasteiger partial charge in [-0.15, -0.1) is 0 Å². The molecule has 0 unspecified atom stereocenters. The molecule has 0 bridgehead atoms. The first-order chi connectivity index (χ1) is 9.51. The fraction of sp³-hybridized carbons (Fsp3) is 0.714. The summed E-state index contributed by atoms with van der Waals surface area (Å²) in [6, 6.07) is 1.06. The molecular weight excluding hydrogens is 289 g/mol. The number of nitrogens with one attached hydrogen (secondary N) is 1. The topological polar surface area (TPSA) is 56.2 Å². The molecule has 1 aromatic rings. The maximum absolute atomic E-state index is 14.0. The largest absolute Gasteiger partial charge is 0.360 e. The van der Waals surface area contributed by atoms with E-state index >= 15 is 0 Å². The van der Waals surface area contributed by atoms with Gasteiger partial charge >= 0.3 is 0 Å². The summed E-state index contributed by atoms with van der Waals surface area (Å²) in [5.74, 6) is -0.664. The fourth-order valence-corrected chi connectivity index (χ4v) is 2.68. The Morgan fingerprint density at radius 3 is 2.62 bits per heavy atom. The molecule has 1 heterocycles. The summed E-state index contributed by atoms with van der Waals surface area (Å²) in [5, 5.41) is 6.87. The van der Waals surface area contributed by atoms with Gasteiger partial charge in [0.25, 0.3) is 0 Å². The van der Waals surface area contributed by atoms with Crippen molar-refractivity contribution in [3.8, 4) is 0 Å². The number of ether oxygens (including phenoxy) is 1. The molecule has 0 fully saturated rings. The van der Waals surface area contributed by atoms with Crippen LogP contribution in [0.15, 0.2) is 6.20 Å². The van der Waals surface area contributed by atoms with E-state index < -0.39 is 19.4 Å². The lowest BCUT2D eigenvalue weighted by molar-refractivity contribution is -0.120. The second kappa shape index (κ2) is 6.70. The van der Waals surface area contributed by atoms with Gasteiger partial charge in [-0.05, 0) is 19.9 Å². The van der Waals surface area contributed by atoms with Crippen molar-refractivity contribution in [2.24, 2.45) is 0 Å². The summed E-state index contributed by atoms with van der Waals surface area (Å²) in [6.45, 7) is 12.5. The minimum atomic E-state index is -1.13.